The van der Waals surface area contributed by atoms with E-state index in [1.165, 1.54) is 0 Å². The van der Waals surface area contributed by atoms with Gasteiger partial charge in [0.15, 0.2) is 0 Å². The molecule has 3 aromatic rings. The maximum atomic E-state index is 14.5. The summed E-state index contributed by atoms with van der Waals surface area (Å²) in [5, 5.41) is 12.8. The molecule has 0 spiro atoms. The van der Waals surface area contributed by atoms with E-state index in [0.29, 0.717) is 44.3 Å². The fourth-order valence-corrected chi connectivity index (χ4v) is 5.98. The number of carboxylic acid groups (broad SMARTS) is 1. The van der Waals surface area contributed by atoms with Gasteiger partial charge in [-0.25, -0.2) is 4.79 Å². The van der Waals surface area contributed by atoms with E-state index in [0.717, 1.165) is 41.5 Å². The number of ether oxygens (including phenoxy) is 4. The van der Waals surface area contributed by atoms with E-state index >= 15 is 0 Å². The van der Waals surface area contributed by atoms with Crippen LogP contribution in [0.3, 0.4) is 0 Å². The Morgan fingerprint density at radius 2 is 1.68 bits per heavy atom. The third kappa shape index (κ3) is 8.16. The van der Waals surface area contributed by atoms with Crippen molar-refractivity contribution in [3.8, 4) is 22.6 Å². The number of nitrogens with one attached hydrogen (secondary N) is 1. The molecule has 2 aliphatic rings. The van der Waals surface area contributed by atoms with Crippen LogP contribution in [0, 0.1) is 5.92 Å². The molecule has 9 heteroatoms. The third-order valence-corrected chi connectivity index (χ3v) is 8.22. The largest absolute Gasteiger partial charge is 0.497 e. The molecular weight excluding hydrogens is 560 g/mol. The number of rotatable bonds is 15. The number of aliphatic carboxylic acids is 1. The molecule has 234 valence electrons. The van der Waals surface area contributed by atoms with Crippen LogP contribution in [0.25, 0.3) is 11.1 Å². The first kappa shape index (κ1) is 31.5. The van der Waals surface area contributed by atoms with Gasteiger partial charge in [-0.2, -0.15) is 0 Å². The van der Waals surface area contributed by atoms with Crippen molar-refractivity contribution in [1.82, 2.24) is 10.2 Å². The van der Waals surface area contributed by atoms with Gasteiger partial charge in [0.1, 0.15) is 18.1 Å². The lowest BCUT2D eigenvalue weighted by Gasteiger charge is -2.40. The topological polar surface area (TPSA) is 107 Å². The van der Waals surface area contributed by atoms with E-state index in [2.05, 4.69) is 29.6 Å². The quantitative estimate of drug-likeness (QED) is 0.240. The normalized spacial score (nSPS) is 19.7. The highest BCUT2D eigenvalue weighted by atomic mass is 16.5. The highest BCUT2D eigenvalue weighted by molar-refractivity contribution is 5.81. The average Bonchev–Trinajstić information content (AvgIpc) is 3.90. The summed E-state index contributed by atoms with van der Waals surface area (Å²) < 4.78 is 22.6. The van der Waals surface area contributed by atoms with E-state index in [4.69, 9.17) is 18.9 Å². The fourth-order valence-electron chi connectivity index (χ4n) is 5.98. The number of hydrogen-bond donors (Lipinski definition) is 2. The van der Waals surface area contributed by atoms with Crippen LogP contribution in [0.5, 0.6) is 11.5 Å². The number of piperidine rings is 1. The molecule has 5 rings (SSSR count). The maximum Gasteiger partial charge on any atom is 0.329 e. The Morgan fingerprint density at radius 1 is 0.909 bits per heavy atom. The summed E-state index contributed by atoms with van der Waals surface area (Å²) in [5.41, 5.74) is 4.01. The molecule has 2 fully saturated rings. The van der Waals surface area contributed by atoms with Gasteiger partial charge in [0.25, 0.3) is 0 Å². The Balaban J connectivity index is 1.43. The Bertz CT molecular complexity index is 1390. The van der Waals surface area contributed by atoms with Gasteiger partial charge in [0, 0.05) is 57.8 Å². The van der Waals surface area contributed by atoms with Crippen LogP contribution in [-0.4, -0.2) is 81.2 Å². The molecule has 9 nitrogen and oxygen atoms in total. The van der Waals surface area contributed by atoms with Crippen molar-refractivity contribution >= 4 is 11.9 Å². The number of carbonyl (C=O) groups is 2. The van der Waals surface area contributed by atoms with Crippen molar-refractivity contribution in [3.63, 3.8) is 0 Å². The lowest BCUT2D eigenvalue weighted by Crippen LogP contribution is -2.53. The van der Waals surface area contributed by atoms with Crippen molar-refractivity contribution in [2.24, 2.45) is 5.92 Å². The second-order valence-electron chi connectivity index (χ2n) is 11.4. The van der Waals surface area contributed by atoms with Crippen molar-refractivity contribution in [1.29, 1.82) is 0 Å². The average molecular weight is 603 g/mol. The smallest absolute Gasteiger partial charge is 0.329 e. The molecule has 1 amide bonds. The summed E-state index contributed by atoms with van der Waals surface area (Å²) in [7, 11) is 3.29. The predicted molar refractivity (Wildman–Crippen MR) is 167 cm³/mol. The number of carboxylic acids is 1. The molecule has 3 atom stereocenters. The molecule has 1 aliphatic heterocycles. The van der Waals surface area contributed by atoms with E-state index in [9.17, 15) is 14.7 Å². The lowest BCUT2D eigenvalue weighted by atomic mass is 9.77. The van der Waals surface area contributed by atoms with Gasteiger partial charge >= 0.3 is 5.97 Å². The molecule has 0 aromatic heterocycles. The minimum atomic E-state index is -1.03. The molecule has 1 saturated carbocycles. The summed E-state index contributed by atoms with van der Waals surface area (Å²) in [5.74, 6) is -0.403. The van der Waals surface area contributed by atoms with Crippen molar-refractivity contribution in [2.45, 2.75) is 43.9 Å². The number of methoxy groups -OCH3 is 2. The number of amides is 1. The summed E-state index contributed by atoms with van der Waals surface area (Å²) in [6, 6.07) is 24.2. The first-order valence-corrected chi connectivity index (χ1v) is 15.3. The minimum Gasteiger partial charge on any atom is -0.497 e. The monoisotopic (exact) mass is 602 g/mol. The van der Waals surface area contributed by atoms with Gasteiger partial charge in [-0.1, -0.05) is 54.6 Å². The second kappa shape index (κ2) is 15.2. The molecule has 0 radical (unpaired) electrons. The molecule has 1 saturated heterocycles. The van der Waals surface area contributed by atoms with E-state index in [-0.39, 0.29) is 17.9 Å². The lowest BCUT2D eigenvalue weighted by molar-refractivity contribution is -0.147. The third-order valence-electron chi connectivity index (χ3n) is 8.22. The predicted octanol–water partition coefficient (Wildman–Crippen LogP) is 4.74. The highest BCUT2D eigenvalue weighted by Crippen LogP contribution is 2.39. The van der Waals surface area contributed by atoms with Gasteiger partial charge < -0.3 is 34.3 Å². The van der Waals surface area contributed by atoms with Crippen LogP contribution in [0.1, 0.15) is 36.3 Å². The zero-order valence-electron chi connectivity index (χ0n) is 25.4. The Labute approximate surface area is 259 Å². The zero-order valence-corrected chi connectivity index (χ0v) is 25.4. The number of hydrogen-bond acceptors (Lipinski definition) is 7. The SMILES string of the molecule is COCCCOc1cc(CN(C(=O)[C@H]2CNC[C@@H](OCC(=O)O)[C@@H]2c2cccc(-c3ccccc3)c2)C2CC2)cc(OC)c1. The van der Waals surface area contributed by atoms with Crippen molar-refractivity contribution in [3.05, 3.63) is 83.9 Å². The van der Waals surface area contributed by atoms with Gasteiger partial charge in [0.2, 0.25) is 5.91 Å². The van der Waals surface area contributed by atoms with E-state index < -0.39 is 24.6 Å². The highest BCUT2D eigenvalue weighted by Gasteiger charge is 2.44. The molecule has 44 heavy (non-hydrogen) atoms. The Hall–Kier alpha value is -3.92. The Morgan fingerprint density at radius 3 is 2.41 bits per heavy atom. The van der Waals surface area contributed by atoms with Crippen LogP contribution < -0.4 is 14.8 Å². The first-order valence-electron chi connectivity index (χ1n) is 15.3. The van der Waals surface area contributed by atoms with E-state index in [1.807, 2.05) is 53.4 Å². The summed E-state index contributed by atoms with van der Waals surface area (Å²) >= 11 is 0. The molecule has 1 heterocycles. The minimum absolute atomic E-state index is 0.0316. The molecule has 1 aliphatic carbocycles. The van der Waals surface area contributed by atoms with Crippen LogP contribution >= 0.6 is 0 Å². The molecular formula is C35H42N2O7. The van der Waals surface area contributed by atoms with Crippen LogP contribution in [-0.2, 0) is 25.6 Å². The van der Waals surface area contributed by atoms with Gasteiger partial charge in [-0.15, -0.1) is 0 Å². The van der Waals surface area contributed by atoms with Crippen molar-refractivity contribution in [2.75, 3.05) is 47.1 Å². The maximum absolute atomic E-state index is 14.5. The molecule has 0 unspecified atom stereocenters. The fraction of sp³-hybridized carbons (Fsp3) is 0.429. The summed E-state index contributed by atoms with van der Waals surface area (Å²) in [6.07, 6.45) is 2.18. The van der Waals surface area contributed by atoms with Crippen LogP contribution in [0.15, 0.2) is 72.8 Å². The summed E-state index contributed by atoms with van der Waals surface area (Å²) in [6.45, 7) is 2.06. The second-order valence-corrected chi connectivity index (χ2v) is 11.4. The van der Waals surface area contributed by atoms with Crippen LogP contribution in [0.2, 0.25) is 0 Å². The van der Waals surface area contributed by atoms with Crippen molar-refractivity contribution < 1.29 is 33.6 Å². The van der Waals surface area contributed by atoms with Gasteiger partial charge in [-0.05, 0) is 47.2 Å². The summed E-state index contributed by atoms with van der Waals surface area (Å²) in [4.78, 5) is 28.0. The molecule has 0 bridgehead atoms. The van der Waals surface area contributed by atoms with Crippen LogP contribution in [0.4, 0.5) is 0 Å². The first-order chi connectivity index (χ1) is 21.5. The Kier molecular flexibility index (Phi) is 10.9. The number of carbonyl (C=O) groups excluding carboxylic acids is 1. The standard InChI is InChI=1S/C35H42N2O7/c1-41-14-7-15-43-30-17-24(16-29(19-30)42-2)22-37(28-12-13-28)35(40)31-20-36-21-32(44-23-33(38)39)34(31)27-11-6-10-26(18-27)25-8-4-3-5-9-25/h3-6,8-11,16-19,28,31-32,34,36H,7,12-15,20-23H2,1-2H3,(H,38,39)/t31-,32+,34+/m0/s1. The van der Waals surface area contributed by atoms with E-state index in [1.54, 1.807) is 14.2 Å². The molecule has 2 N–H and O–H groups in total. The number of nitrogens with zero attached hydrogens (tertiary/aromatic N) is 1. The van der Waals surface area contributed by atoms with Gasteiger partial charge in [0.05, 0.1) is 25.7 Å². The molecule has 3 aromatic carbocycles. The zero-order chi connectivity index (χ0) is 30.9. The number of benzene rings is 3. The van der Waals surface area contributed by atoms with Gasteiger partial charge in [-0.3, -0.25) is 4.79 Å².